The Morgan fingerprint density at radius 3 is 1.33 bits per heavy atom. The third kappa shape index (κ3) is 4.40. The minimum absolute atomic E-state index is 0.0689. The summed E-state index contributed by atoms with van der Waals surface area (Å²) in [5.74, 6) is -1.57. The van der Waals surface area contributed by atoms with Crippen molar-refractivity contribution in [2.24, 2.45) is 23.3 Å². The number of ether oxygens (including phenoxy) is 1. The first-order chi connectivity index (χ1) is 6.77. The summed E-state index contributed by atoms with van der Waals surface area (Å²) in [6.07, 6.45) is 0. The van der Waals surface area contributed by atoms with Crippen LogP contribution in [0.3, 0.4) is 0 Å². The van der Waals surface area contributed by atoms with Gasteiger partial charge in [-0.1, -0.05) is 27.7 Å². The van der Waals surface area contributed by atoms with Crippen LogP contribution in [-0.4, -0.2) is 24.0 Å². The number of hydrogen-bond donors (Lipinski definition) is 2. The summed E-state index contributed by atoms with van der Waals surface area (Å²) in [5, 5.41) is 0. The summed E-state index contributed by atoms with van der Waals surface area (Å²) in [6, 6.07) is -1.57. The van der Waals surface area contributed by atoms with Crippen molar-refractivity contribution < 1.29 is 14.3 Å². The molecule has 0 aliphatic carbocycles. The van der Waals surface area contributed by atoms with Crippen LogP contribution < -0.4 is 11.5 Å². The molecule has 0 rings (SSSR count). The Balaban J connectivity index is 4.25. The number of nitrogens with two attached hydrogens (primary N) is 2. The topological polar surface area (TPSA) is 95.4 Å². The second kappa shape index (κ2) is 5.82. The van der Waals surface area contributed by atoms with E-state index < -0.39 is 24.0 Å². The molecule has 0 spiro atoms. The van der Waals surface area contributed by atoms with Crippen LogP contribution in [0.4, 0.5) is 0 Å². The lowest BCUT2D eigenvalue weighted by Gasteiger charge is -2.17. The molecule has 2 atom stereocenters. The first-order valence-electron chi connectivity index (χ1n) is 5.04. The van der Waals surface area contributed by atoms with Crippen LogP contribution in [0, 0.1) is 11.8 Å². The second-order valence-corrected chi connectivity index (χ2v) is 4.28. The van der Waals surface area contributed by atoms with Crippen LogP contribution in [0.5, 0.6) is 0 Å². The second-order valence-electron chi connectivity index (χ2n) is 4.28. The number of carbonyl (C=O) groups is 2. The van der Waals surface area contributed by atoms with E-state index in [1.165, 1.54) is 0 Å². The summed E-state index contributed by atoms with van der Waals surface area (Å²) in [5.41, 5.74) is 11.0. The van der Waals surface area contributed by atoms with Crippen LogP contribution >= 0.6 is 0 Å². The van der Waals surface area contributed by atoms with E-state index >= 15 is 0 Å². The largest absolute Gasteiger partial charge is 0.391 e. The van der Waals surface area contributed by atoms with E-state index in [1.54, 1.807) is 27.7 Å². The molecule has 5 nitrogen and oxygen atoms in total. The number of rotatable bonds is 4. The maximum atomic E-state index is 11.3. The molecule has 0 aliphatic heterocycles. The molecule has 0 saturated carbocycles. The summed E-state index contributed by atoms with van der Waals surface area (Å²) in [6.45, 7) is 7.11. The van der Waals surface area contributed by atoms with Crippen molar-refractivity contribution in [1.29, 1.82) is 0 Å². The van der Waals surface area contributed by atoms with Crippen LogP contribution in [0.2, 0.25) is 0 Å². The zero-order valence-electron chi connectivity index (χ0n) is 9.69. The van der Waals surface area contributed by atoms with Gasteiger partial charge in [0.2, 0.25) is 0 Å². The zero-order valence-corrected chi connectivity index (χ0v) is 9.69. The normalized spacial score (nSPS) is 15.2. The van der Waals surface area contributed by atoms with Gasteiger partial charge >= 0.3 is 11.9 Å². The van der Waals surface area contributed by atoms with Gasteiger partial charge in [-0.15, -0.1) is 0 Å². The molecule has 15 heavy (non-hydrogen) atoms. The highest BCUT2D eigenvalue weighted by Crippen LogP contribution is 2.04. The average Bonchev–Trinajstić information content (AvgIpc) is 2.14. The van der Waals surface area contributed by atoms with Crippen LogP contribution in [0.25, 0.3) is 0 Å². The van der Waals surface area contributed by atoms with Crippen LogP contribution in [0.15, 0.2) is 0 Å². The van der Waals surface area contributed by atoms with E-state index in [9.17, 15) is 9.59 Å². The van der Waals surface area contributed by atoms with E-state index in [0.29, 0.717) is 0 Å². The van der Waals surface area contributed by atoms with Gasteiger partial charge in [0.05, 0.1) is 0 Å². The van der Waals surface area contributed by atoms with Gasteiger partial charge in [0.1, 0.15) is 12.1 Å². The predicted octanol–water partition coefficient (Wildman–Crippen LogP) is 0.0228. The van der Waals surface area contributed by atoms with Crippen molar-refractivity contribution in [3.8, 4) is 0 Å². The standard InChI is InChI=1S/C10H20N2O3/c1-5(2)7(11)9(13)15-10(14)8(12)6(3)4/h5-8H,11-12H2,1-4H3. The summed E-state index contributed by atoms with van der Waals surface area (Å²) < 4.78 is 4.57. The molecule has 0 radical (unpaired) electrons. The molecular weight excluding hydrogens is 196 g/mol. The fourth-order valence-corrected chi connectivity index (χ4v) is 0.780. The van der Waals surface area contributed by atoms with Gasteiger partial charge in [-0.3, -0.25) is 0 Å². The SMILES string of the molecule is CC(C)C(N)C(=O)OC(=O)C(N)C(C)C. The molecule has 0 bridgehead atoms. The third-order valence-corrected chi connectivity index (χ3v) is 2.18. The van der Waals surface area contributed by atoms with Gasteiger partial charge in [0, 0.05) is 0 Å². The van der Waals surface area contributed by atoms with E-state index in [0.717, 1.165) is 0 Å². The molecule has 2 unspecified atom stereocenters. The third-order valence-electron chi connectivity index (χ3n) is 2.18. The van der Waals surface area contributed by atoms with Gasteiger partial charge in [0.15, 0.2) is 0 Å². The molecule has 88 valence electrons. The molecule has 0 aliphatic rings. The smallest absolute Gasteiger partial charge is 0.330 e. The predicted molar refractivity (Wildman–Crippen MR) is 56.7 cm³/mol. The molecular formula is C10H20N2O3. The minimum Gasteiger partial charge on any atom is -0.391 e. The Kier molecular flexibility index (Phi) is 5.46. The Morgan fingerprint density at radius 1 is 0.867 bits per heavy atom. The molecule has 0 fully saturated rings. The quantitative estimate of drug-likeness (QED) is 0.510. The summed E-state index contributed by atoms with van der Waals surface area (Å²) >= 11 is 0. The van der Waals surface area contributed by atoms with Gasteiger partial charge in [-0.25, -0.2) is 9.59 Å². The van der Waals surface area contributed by atoms with Crippen molar-refractivity contribution >= 4 is 11.9 Å². The van der Waals surface area contributed by atoms with Crippen molar-refractivity contribution in [2.45, 2.75) is 39.8 Å². The number of esters is 2. The molecule has 0 aromatic rings. The maximum absolute atomic E-state index is 11.3. The highest BCUT2D eigenvalue weighted by Gasteiger charge is 2.26. The lowest BCUT2D eigenvalue weighted by molar-refractivity contribution is -0.162. The molecule has 0 heterocycles. The van der Waals surface area contributed by atoms with Gasteiger partial charge < -0.3 is 16.2 Å². The molecule has 0 aromatic heterocycles. The van der Waals surface area contributed by atoms with Crippen molar-refractivity contribution in [3.63, 3.8) is 0 Å². The maximum Gasteiger partial charge on any atom is 0.330 e. The first-order valence-corrected chi connectivity index (χ1v) is 5.04. The van der Waals surface area contributed by atoms with Crippen LogP contribution in [0.1, 0.15) is 27.7 Å². The van der Waals surface area contributed by atoms with Crippen molar-refractivity contribution in [2.75, 3.05) is 0 Å². The van der Waals surface area contributed by atoms with Crippen LogP contribution in [-0.2, 0) is 14.3 Å². The molecule has 0 aromatic carbocycles. The zero-order chi connectivity index (χ0) is 12.2. The minimum atomic E-state index is -0.784. The van der Waals surface area contributed by atoms with Crippen molar-refractivity contribution in [1.82, 2.24) is 0 Å². The fraction of sp³-hybridized carbons (Fsp3) is 0.800. The van der Waals surface area contributed by atoms with Gasteiger partial charge in [-0.05, 0) is 11.8 Å². The average molecular weight is 216 g/mol. The highest BCUT2D eigenvalue weighted by atomic mass is 16.6. The first kappa shape index (κ1) is 14.1. The van der Waals surface area contributed by atoms with Gasteiger partial charge in [-0.2, -0.15) is 0 Å². The molecule has 0 saturated heterocycles. The lowest BCUT2D eigenvalue weighted by atomic mass is 10.1. The summed E-state index contributed by atoms with van der Waals surface area (Å²) in [4.78, 5) is 22.6. The Hall–Kier alpha value is -0.940. The van der Waals surface area contributed by atoms with E-state index in [2.05, 4.69) is 4.74 Å². The Morgan fingerprint density at radius 2 is 1.13 bits per heavy atom. The Labute approximate surface area is 90.1 Å². The van der Waals surface area contributed by atoms with Gasteiger partial charge in [0.25, 0.3) is 0 Å². The molecule has 5 heteroatoms. The molecule has 4 N–H and O–H groups in total. The fourth-order valence-electron chi connectivity index (χ4n) is 0.780. The number of carbonyl (C=O) groups excluding carboxylic acids is 2. The molecule has 0 amide bonds. The van der Waals surface area contributed by atoms with E-state index in [4.69, 9.17) is 11.5 Å². The highest BCUT2D eigenvalue weighted by molar-refractivity contribution is 5.90. The van der Waals surface area contributed by atoms with E-state index in [-0.39, 0.29) is 11.8 Å². The monoisotopic (exact) mass is 216 g/mol. The number of hydrogen-bond acceptors (Lipinski definition) is 5. The van der Waals surface area contributed by atoms with Crippen molar-refractivity contribution in [3.05, 3.63) is 0 Å². The summed E-state index contributed by atoms with van der Waals surface area (Å²) in [7, 11) is 0. The lowest BCUT2D eigenvalue weighted by Crippen LogP contribution is -2.43. The van der Waals surface area contributed by atoms with E-state index in [1.807, 2.05) is 0 Å². The Bertz CT molecular complexity index is 215.